The summed E-state index contributed by atoms with van der Waals surface area (Å²) in [5.74, 6) is 0.568. The minimum atomic E-state index is -2.97. The van der Waals surface area contributed by atoms with E-state index >= 15 is 0 Å². The summed E-state index contributed by atoms with van der Waals surface area (Å²) >= 11 is 0. The molecule has 0 aliphatic rings. The fraction of sp³-hybridized carbons (Fsp3) is 0.238. The van der Waals surface area contributed by atoms with E-state index in [1.807, 2.05) is 42.6 Å². The van der Waals surface area contributed by atoms with Crippen molar-refractivity contribution in [2.75, 3.05) is 5.32 Å². The van der Waals surface area contributed by atoms with E-state index < -0.39 is 18.7 Å². The van der Waals surface area contributed by atoms with Gasteiger partial charge in [0.25, 0.3) is 0 Å². The number of anilines is 1. The molecule has 2 amide bonds. The molecule has 4 rings (SSSR count). The Morgan fingerprint density at radius 3 is 2.71 bits per heavy atom. The Morgan fingerprint density at radius 1 is 1.10 bits per heavy atom. The van der Waals surface area contributed by atoms with Crippen LogP contribution in [0.4, 0.5) is 19.3 Å². The van der Waals surface area contributed by atoms with E-state index in [0.29, 0.717) is 22.5 Å². The van der Waals surface area contributed by atoms with E-state index in [0.717, 1.165) is 0 Å². The van der Waals surface area contributed by atoms with Gasteiger partial charge in [0.1, 0.15) is 5.52 Å². The highest BCUT2D eigenvalue weighted by Crippen LogP contribution is 2.31. The molecule has 0 saturated carbocycles. The van der Waals surface area contributed by atoms with E-state index in [4.69, 9.17) is 0 Å². The third-order valence-electron chi connectivity index (χ3n) is 4.77. The molecule has 31 heavy (non-hydrogen) atoms. The van der Waals surface area contributed by atoms with Crippen LogP contribution < -0.4 is 15.4 Å². The summed E-state index contributed by atoms with van der Waals surface area (Å²) in [6, 6.07) is 10.8. The predicted molar refractivity (Wildman–Crippen MR) is 111 cm³/mol. The molecule has 1 aromatic carbocycles. The van der Waals surface area contributed by atoms with Crippen LogP contribution in [-0.2, 0) is 0 Å². The summed E-state index contributed by atoms with van der Waals surface area (Å²) in [6.45, 7) is 0.951. The molecular formula is C21H20F2N6O2. The standard InChI is InChI=1S/C21H20F2N6O2/c1-12(2)17(19-28-27-16-7-3-4-11-29(16)19)26-21(30)25-14-8-9-15(31-20(22)23)18-13(14)6-5-10-24-18/h3-12,17,20H,1-2H3,(H2,25,26,30). The smallest absolute Gasteiger partial charge is 0.387 e. The quantitative estimate of drug-likeness (QED) is 0.477. The normalized spacial score (nSPS) is 12.5. The molecule has 0 fully saturated rings. The molecule has 3 heterocycles. The minimum absolute atomic E-state index is 0.0265. The van der Waals surface area contributed by atoms with Gasteiger partial charge in [-0.25, -0.2) is 4.79 Å². The maximum atomic E-state index is 12.8. The van der Waals surface area contributed by atoms with Crippen LogP contribution in [0.15, 0.2) is 54.9 Å². The average molecular weight is 426 g/mol. The van der Waals surface area contributed by atoms with Gasteiger partial charge in [0, 0.05) is 17.8 Å². The van der Waals surface area contributed by atoms with Crippen molar-refractivity contribution in [2.24, 2.45) is 5.92 Å². The zero-order valence-electron chi connectivity index (χ0n) is 16.8. The summed E-state index contributed by atoms with van der Waals surface area (Å²) in [6.07, 6.45) is 3.30. The second-order valence-corrected chi connectivity index (χ2v) is 7.20. The number of nitrogens with one attached hydrogen (secondary N) is 2. The van der Waals surface area contributed by atoms with Crippen molar-refractivity contribution >= 4 is 28.3 Å². The van der Waals surface area contributed by atoms with E-state index in [2.05, 4.69) is 30.6 Å². The molecule has 0 aliphatic heterocycles. The number of nitrogens with zero attached hydrogens (tertiary/aromatic N) is 4. The third-order valence-corrected chi connectivity index (χ3v) is 4.77. The van der Waals surface area contributed by atoms with E-state index in [9.17, 15) is 13.6 Å². The number of halogens is 2. The lowest BCUT2D eigenvalue weighted by molar-refractivity contribution is -0.0489. The van der Waals surface area contributed by atoms with Crippen molar-refractivity contribution in [3.8, 4) is 5.75 Å². The van der Waals surface area contributed by atoms with Crippen LogP contribution in [0.25, 0.3) is 16.6 Å². The van der Waals surface area contributed by atoms with Crippen molar-refractivity contribution in [1.29, 1.82) is 0 Å². The SMILES string of the molecule is CC(C)C(NC(=O)Nc1ccc(OC(F)F)c2ncccc12)c1nnc2ccccn12. The zero-order chi connectivity index (χ0) is 22.0. The fourth-order valence-electron chi connectivity index (χ4n) is 3.35. The van der Waals surface area contributed by atoms with Gasteiger partial charge in [-0.15, -0.1) is 10.2 Å². The van der Waals surface area contributed by atoms with Gasteiger partial charge in [0.05, 0.1) is 11.7 Å². The molecule has 4 aromatic rings. The number of pyridine rings is 2. The summed E-state index contributed by atoms with van der Waals surface area (Å²) in [5, 5.41) is 14.6. The number of amides is 2. The Labute approximate surface area is 176 Å². The molecule has 2 N–H and O–H groups in total. The summed E-state index contributed by atoms with van der Waals surface area (Å²) in [5.41, 5.74) is 1.32. The molecule has 0 spiro atoms. The first-order chi connectivity index (χ1) is 14.9. The zero-order valence-corrected chi connectivity index (χ0v) is 16.8. The Morgan fingerprint density at radius 2 is 1.94 bits per heavy atom. The van der Waals surface area contributed by atoms with Crippen LogP contribution in [0.3, 0.4) is 0 Å². The lowest BCUT2D eigenvalue weighted by Gasteiger charge is -2.21. The molecule has 0 bridgehead atoms. The molecule has 1 atom stereocenters. The predicted octanol–water partition coefficient (Wildman–Crippen LogP) is 4.40. The van der Waals surface area contributed by atoms with Gasteiger partial charge < -0.3 is 15.4 Å². The van der Waals surface area contributed by atoms with Crippen molar-refractivity contribution in [1.82, 2.24) is 24.9 Å². The largest absolute Gasteiger partial charge is 0.432 e. The number of aromatic nitrogens is 4. The monoisotopic (exact) mass is 426 g/mol. The Hall–Kier alpha value is -3.82. The molecule has 160 valence electrons. The number of ether oxygens (including phenoxy) is 1. The van der Waals surface area contributed by atoms with Crippen molar-refractivity contribution in [2.45, 2.75) is 26.5 Å². The summed E-state index contributed by atoms with van der Waals surface area (Å²) in [7, 11) is 0. The molecule has 0 radical (unpaired) electrons. The molecule has 1 unspecified atom stereocenters. The number of carbonyl (C=O) groups excluding carboxylic acids is 1. The highest BCUT2D eigenvalue weighted by molar-refractivity contribution is 6.02. The van der Waals surface area contributed by atoms with Gasteiger partial charge in [-0.05, 0) is 42.3 Å². The van der Waals surface area contributed by atoms with E-state index in [1.54, 1.807) is 12.1 Å². The summed E-state index contributed by atoms with van der Waals surface area (Å²) in [4.78, 5) is 16.9. The van der Waals surface area contributed by atoms with Crippen molar-refractivity contribution < 1.29 is 18.3 Å². The van der Waals surface area contributed by atoms with Crippen LogP contribution in [0.5, 0.6) is 5.75 Å². The molecular weight excluding hydrogens is 406 g/mol. The van der Waals surface area contributed by atoms with Gasteiger partial charge >= 0.3 is 12.6 Å². The topological polar surface area (TPSA) is 93.4 Å². The first-order valence-electron chi connectivity index (χ1n) is 9.63. The Kier molecular flexibility index (Phi) is 5.61. The number of urea groups is 1. The number of benzene rings is 1. The number of fused-ring (bicyclic) bond motifs is 2. The number of carbonyl (C=O) groups is 1. The maximum absolute atomic E-state index is 12.8. The number of hydrogen-bond acceptors (Lipinski definition) is 5. The Balaban J connectivity index is 1.60. The van der Waals surface area contributed by atoms with Crippen LogP contribution in [-0.4, -0.2) is 32.2 Å². The molecule has 10 heteroatoms. The van der Waals surface area contributed by atoms with Crippen molar-refractivity contribution in [3.05, 3.63) is 60.7 Å². The first-order valence-corrected chi connectivity index (χ1v) is 9.63. The number of alkyl halides is 2. The maximum Gasteiger partial charge on any atom is 0.387 e. The van der Waals surface area contributed by atoms with E-state index in [-0.39, 0.29) is 17.2 Å². The average Bonchev–Trinajstić information content (AvgIpc) is 3.17. The molecule has 3 aromatic heterocycles. The highest BCUT2D eigenvalue weighted by atomic mass is 19.3. The van der Waals surface area contributed by atoms with Gasteiger partial charge in [-0.1, -0.05) is 19.9 Å². The molecule has 8 nitrogen and oxygen atoms in total. The second-order valence-electron chi connectivity index (χ2n) is 7.20. The number of hydrogen-bond donors (Lipinski definition) is 2. The second kappa shape index (κ2) is 8.50. The van der Waals surface area contributed by atoms with Crippen LogP contribution in [0, 0.1) is 5.92 Å². The third kappa shape index (κ3) is 4.23. The van der Waals surface area contributed by atoms with Gasteiger partial charge in [-0.2, -0.15) is 8.78 Å². The first kappa shape index (κ1) is 20.5. The highest BCUT2D eigenvalue weighted by Gasteiger charge is 2.24. The lowest BCUT2D eigenvalue weighted by atomic mass is 10.0. The summed E-state index contributed by atoms with van der Waals surface area (Å²) < 4.78 is 31.7. The molecule has 0 aliphatic carbocycles. The van der Waals surface area contributed by atoms with Gasteiger partial charge in [-0.3, -0.25) is 9.38 Å². The van der Waals surface area contributed by atoms with Crippen LogP contribution in [0.2, 0.25) is 0 Å². The van der Waals surface area contributed by atoms with Gasteiger partial charge in [0.15, 0.2) is 17.2 Å². The Bertz CT molecular complexity index is 1230. The number of rotatable bonds is 6. The van der Waals surface area contributed by atoms with E-state index in [1.165, 1.54) is 18.3 Å². The van der Waals surface area contributed by atoms with Gasteiger partial charge in [0.2, 0.25) is 0 Å². The fourth-order valence-corrected chi connectivity index (χ4v) is 3.35. The lowest BCUT2D eigenvalue weighted by Crippen LogP contribution is -2.36. The van der Waals surface area contributed by atoms with Crippen LogP contribution >= 0.6 is 0 Å². The van der Waals surface area contributed by atoms with Crippen LogP contribution in [0.1, 0.15) is 25.7 Å². The van der Waals surface area contributed by atoms with Crippen molar-refractivity contribution in [3.63, 3.8) is 0 Å². The minimum Gasteiger partial charge on any atom is -0.432 e. The molecule has 0 saturated heterocycles.